The quantitative estimate of drug-likeness (QED) is 0.641. The number of carbonyl (C=O) groups excluding carboxylic acids is 2. The first-order valence-electron chi connectivity index (χ1n) is 10.4. The highest BCUT2D eigenvalue weighted by Crippen LogP contribution is 2.31. The maximum absolute atomic E-state index is 12.9. The molecule has 2 amide bonds. The summed E-state index contributed by atoms with van der Waals surface area (Å²) >= 11 is 0. The summed E-state index contributed by atoms with van der Waals surface area (Å²) in [5, 5.41) is 2.96. The van der Waals surface area contributed by atoms with Crippen LogP contribution in [0, 0.1) is 0 Å². The van der Waals surface area contributed by atoms with Gasteiger partial charge in [-0.2, -0.15) is 0 Å². The first kappa shape index (κ1) is 21.4. The predicted molar refractivity (Wildman–Crippen MR) is 123 cm³/mol. The Hall–Kier alpha value is -3.87. The van der Waals surface area contributed by atoms with Crippen molar-refractivity contribution in [3.8, 4) is 11.5 Å². The van der Waals surface area contributed by atoms with Gasteiger partial charge in [-0.15, -0.1) is 0 Å². The Kier molecular flexibility index (Phi) is 6.35. The summed E-state index contributed by atoms with van der Waals surface area (Å²) in [7, 11) is 3.14. The lowest BCUT2D eigenvalue weighted by Gasteiger charge is -2.30. The van der Waals surface area contributed by atoms with Gasteiger partial charge in [-0.25, -0.2) is 0 Å². The van der Waals surface area contributed by atoms with Crippen LogP contribution in [0.2, 0.25) is 0 Å². The molecule has 0 radical (unpaired) electrons. The van der Waals surface area contributed by atoms with Crippen LogP contribution >= 0.6 is 0 Å². The van der Waals surface area contributed by atoms with E-state index in [4.69, 9.17) is 9.47 Å². The molecule has 7 heteroatoms. The molecule has 1 N–H and O–H groups in total. The number of nitrogens with one attached hydrogen (secondary N) is 1. The molecule has 1 aliphatic heterocycles. The summed E-state index contributed by atoms with van der Waals surface area (Å²) in [6, 6.07) is 14.6. The Balaban J connectivity index is 1.47. The van der Waals surface area contributed by atoms with Crippen molar-refractivity contribution in [3.05, 3.63) is 77.6 Å². The van der Waals surface area contributed by atoms with E-state index in [1.807, 2.05) is 24.3 Å². The van der Waals surface area contributed by atoms with Crippen LogP contribution in [0.25, 0.3) is 0 Å². The SMILES string of the molecule is COc1ccc(CC(=O)Nc2ccc3c(c2)CCCN3C(=O)c2cccnc2)cc1OC. The number of carbonyl (C=O) groups is 2. The molecule has 3 aromatic rings. The molecule has 0 aliphatic carbocycles. The summed E-state index contributed by atoms with van der Waals surface area (Å²) in [5.41, 5.74) is 4.02. The lowest BCUT2D eigenvalue weighted by molar-refractivity contribution is -0.115. The second kappa shape index (κ2) is 9.51. The number of fused-ring (bicyclic) bond motifs is 1. The molecule has 1 aromatic heterocycles. The molecule has 0 saturated heterocycles. The summed E-state index contributed by atoms with van der Waals surface area (Å²) in [6.45, 7) is 0.658. The second-order valence-corrected chi connectivity index (χ2v) is 7.56. The van der Waals surface area contributed by atoms with E-state index in [0.717, 1.165) is 29.7 Å². The number of ether oxygens (including phenoxy) is 2. The smallest absolute Gasteiger partial charge is 0.259 e. The third-order valence-electron chi connectivity index (χ3n) is 5.45. The largest absolute Gasteiger partial charge is 0.493 e. The van der Waals surface area contributed by atoms with E-state index in [0.29, 0.717) is 29.3 Å². The van der Waals surface area contributed by atoms with Crippen molar-refractivity contribution in [1.82, 2.24) is 4.98 Å². The van der Waals surface area contributed by atoms with Crippen LogP contribution in [0.4, 0.5) is 11.4 Å². The van der Waals surface area contributed by atoms with Crippen molar-refractivity contribution >= 4 is 23.2 Å². The number of hydrogen-bond donors (Lipinski definition) is 1. The van der Waals surface area contributed by atoms with E-state index in [1.54, 1.807) is 55.8 Å². The Morgan fingerprint density at radius 2 is 1.91 bits per heavy atom. The fourth-order valence-corrected chi connectivity index (χ4v) is 3.91. The van der Waals surface area contributed by atoms with Crippen molar-refractivity contribution < 1.29 is 19.1 Å². The first-order valence-corrected chi connectivity index (χ1v) is 10.4. The number of rotatable bonds is 6. The Morgan fingerprint density at radius 1 is 1.06 bits per heavy atom. The van der Waals surface area contributed by atoms with Crippen LogP contribution in [0.15, 0.2) is 60.9 Å². The molecule has 2 heterocycles. The summed E-state index contributed by atoms with van der Waals surface area (Å²) in [4.78, 5) is 31.4. The second-order valence-electron chi connectivity index (χ2n) is 7.56. The highest BCUT2D eigenvalue weighted by Gasteiger charge is 2.24. The van der Waals surface area contributed by atoms with Crippen LogP contribution in [-0.2, 0) is 17.6 Å². The van der Waals surface area contributed by atoms with Crippen molar-refractivity contribution in [1.29, 1.82) is 0 Å². The van der Waals surface area contributed by atoms with Crippen molar-refractivity contribution in [2.75, 3.05) is 31.0 Å². The van der Waals surface area contributed by atoms with E-state index in [9.17, 15) is 9.59 Å². The van der Waals surface area contributed by atoms with Gasteiger partial charge in [0.05, 0.1) is 26.2 Å². The van der Waals surface area contributed by atoms with Crippen LogP contribution in [0.5, 0.6) is 11.5 Å². The molecule has 2 aromatic carbocycles. The maximum Gasteiger partial charge on any atom is 0.259 e. The van der Waals surface area contributed by atoms with Gasteiger partial charge in [-0.3, -0.25) is 14.6 Å². The van der Waals surface area contributed by atoms with Crippen molar-refractivity contribution in [3.63, 3.8) is 0 Å². The predicted octanol–water partition coefficient (Wildman–Crippen LogP) is 3.87. The van der Waals surface area contributed by atoms with Crippen LogP contribution in [0.3, 0.4) is 0 Å². The van der Waals surface area contributed by atoms with E-state index < -0.39 is 0 Å². The van der Waals surface area contributed by atoms with Crippen molar-refractivity contribution in [2.24, 2.45) is 0 Å². The van der Waals surface area contributed by atoms with Gasteiger partial charge in [0.15, 0.2) is 11.5 Å². The third-order valence-corrected chi connectivity index (χ3v) is 5.45. The Bertz CT molecular complexity index is 1130. The van der Waals surface area contributed by atoms with Crippen molar-refractivity contribution in [2.45, 2.75) is 19.3 Å². The lowest BCUT2D eigenvalue weighted by atomic mass is 10.00. The zero-order chi connectivity index (χ0) is 22.5. The molecule has 0 spiro atoms. The van der Waals surface area contributed by atoms with Gasteiger partial charge in [-0.05, 0) is 66.4 Å². The minimum atomic E-state index is -0.128. The van der Waals surface area contributed by atoms with E-state index in [1.165, 1.54) is 0 Å². The normalized spacial score (nSPS) is 12.6. The van der Waals surface area contributed by atoms with E-state index in [2.05, 4.69) is 10.3 Å². The number of pyridine rings is 1. The number of methoxy groups -OCH3 is 2. The average Bonchev–Trinajstić information content (AvgIpc) is 2.83. The fourth-order valence-electron chi connectivity index (χ4n) is 3.91. The fraction of sp³-hybridized carbons (Fsp3) is 0.240. The van der Waals surface area contributed by atoms with Crippen LogP contribution in [-0.4, -0.2) is 37.6 Å². The molecule has 7 nitrogen and oxygen atoms in total. The summed E-state index contributed by atoms with van der Waals surface area (Å²) in [5.74, 6) is 1.02. The number of hydrogen-bond acceptors (Lipinski definition) is 5. The van der Waals surface area contributed by atoms with Gasteiger partial charge >= 0.3 is 0 Å². The monoisotopic (exact) mass is 431 g/mol. The van der Waals surface area contributed by atoms with Crippen LogP contribution in [0.1, 0.15) is 27.9 Å². The maximum atomic E-state index is 12.9. The zero-order valence-electron chi connectivity index (χ0n) is 18.1. The highest BCUT2D eigenvalue weighted by molar-refractivity contribution is 6.06. The summed E-state index contributed by atoms with van der Waals surface area (Å²) < 4.78 is 10.5. The molecule has 32 heavy (non-hydrogen) atoms. The van der Waals surface area contributed by atoms with Gasteiger partial charge in [0.25, 0.3) is 5.91 Å². The highest BCUT2D eigenvalue weighted by atomic mass is 16.5. The molecule has 0 bridgehead atoms. The molecular formula is C25H25N3O4. The van der Waals surface area contributed by atoms with E-state index >= 15 is 0 Å². The van der Waals surface area contributed by atoms with E-state index in [-0.39, 0.29) is 18.2 Å². The zero-order valence-corrected chi connectivity index (χ0v) is 18.1. The molecule has 164 valence electrons. The molecule has 0 atom stereocenters. The lowest BCUT2D eigenvalue weighted by Crippen LogP contribution is -2.35. The minimum Gasteiger partial charge on any atom is -0.493 e. The number of nitrogens with zero attached hydrogens (tertiary/aromatic N) is 2. The molecule has 0 saturated carbocycles. The summed E-state index contributed by atoms with van der Waals surface area (Å²) in [6.07, 6.45) is 5.16. The average molecular weight is 431 g/mol. The third kappa shape index (κ3) is 4.56. The molecule has 0 unspecified atom stereocenters. The Morgan fingerprint density at radius 3 is 2.66 bits per heavy atom. The molecule has 4 rings (SSSR count). The van der Waals surface area contributed by atoms with Gasteiger partial charge in [0, 0.05) is 30.3 Å². The topological polar surface area (TPSA) is 80.8 Å². The first-order chi connectivity index (χ1) is 15.6. The number of aromatic nitrogens is 1. The molecule has 1 aliphatic rings. The standard InChI is InChI=1S/C25H25N3O4/c1-31-22-10-7-17(13-23(22)32-2)14-24(29)27-20-8-9-21-18(15-20)6-4-12-28(21)25(30)19-5-3-11-26-16-19/h3,5,7-11,13,15-16H,4,6,12,14H2,1-2H3,(H,27,29). The van der Waals surface area contributed by atoms with Crippen LogP contribution < -0.4 is 19.7 Å². The Labute approximate surface area is 187 Å². The number of benzene rings is 2. The minimum absolute atomic E-state index is 0.0655. The van der Waals surface area contributed by atoms with Gasteiger partial charge < -0.3 is 19.7 Å². The van der Waals surface area contributed by atoms with Gasteiger partial charge in [0.2, 0.25) is 5.91 Å². The molecule has 0 fully saturated rings. The number of anilines is 2. The van der Waals surface area contributed by atoms with Gasteiger partial charge in [0.1, 0.15) is 0 Å². The van der Waals surface area contributed by atoms with Gasteiger partial charge in [-0.1, -0.05) is 6.07 Å². The number of aryl methyl sites for hydroxylation is 1. The molecular weight excluding hydrogens is 406 g/mol. The number of amides is 2.